The highest BCUT2D eigenvalue weighted by molar-refractivity contribution is 5.78. The number of hydrogen-bond acceptors (Lipinski definition) is 3. The Morgan fingerprint density at radius 3 is 2.64 bits per heavy atom. The standard InChI is InChI=1S/C17H26FN3O/c1-3-20(4-2)13-17(22)21-11-5-6-16(12-21)19-15-9-7-14(18)8-10-15/h7-10,16,19H,3-6,11-13H2,1-2H3/t16-/m1/s1. The predicted molar refractivity (Wildman–Crippen MR) is 87.4 cm³/mol. The molecule has 0 radical (unpaired) electrons. The molecule has 22 heavy (non-hydrogen) atoms. The summed E-state index contributed by atoms with van der Waals surface area (Å²) >= 11 is 0. The van der Waals surface area contributed by atoms with Crippen molar-refractivity contribution in [3.05, 3.63) is 30.1 Å². The van der Waals surface area contributed by atoms with Gasteiger partial charge in [-0.2, -0.15) is 0 Å². The van der Waals surface area contributed by atoms with E-state index in [1.165, 1.54) is 12.1 Å². The lowest BCUT2D eigenvalue weighted by Crippen LogP contribution is -2.48. The van der Waals surface area contributed by atoms with Gasteiger partial charge in [0.05, 0.1) is 6.54 Å². The van der Waals surface area contributed by atoms with E-state index in [-0.39, 0.29) is 17.8 Å². The summed E-state index contributed by atoms with van der Waals surface area (Å²) in [6.07, 6.45) is 2.04. The summed E-state index contributed by atoms with van der Waals surface area (Å²) in [5.74, 6) is -0.0282. The Hall–Kier alpha value is -1.62. The van der Waals surface area contributed by atoms with Gasteiger partial charge in [0, 0.05) is 24.8 Å². The molecule has 122 valence electrons. The largest absolute Gasteiger partial charge is 0.381 e. The molecule has 0 unspecified atom stereocenters. The molecule has 0 saturated carbocycles. The third-order valence-corrected chi connectivity index (χ3v) is 4.24. The number of carbonyl (C=O) groups is 1. The number of benzene rings is 1. The molecule has 1 aliphatic heterocycles. The van der Waals surface area contributed by atoms with Crippen molar-refractivity contribution in [2.45, 2.75) is 32.7 Å². The van der Waals surface area contributed by atoms with Crippen LogP contribution in [0.3, 0.4) is 0 Å². The molecule has 1 aromatic carbocycles. The Morgan fingerprint density at radius 1 is 1.32 bits per heavy atom. The third-order valence-electron chi connectivity index (χ3n) is 4.24. The summed E-state index contributed by atoms with van der Waals surface area (Å²) in [7, 11) is 0. The average Bonchev–Trinajstić information content (AvgIpc) is 2.55. The first-order chi connectivity index (χ1) is 10.6. The average molecular weight is 307 g/mol. The zero-order valence-electron chi connectivity index (χ0n) is 13.5. The second kappa shape index (κ2) is 8.13. The number of likely N-dealkylation sites (tertiary alicyclic amines) is 1. The Balaban J connectivity index is 1.88. The fourth-order valence-electron chi connectivity index (χ4n) is 2.84. The first-order valence-electron chi connectivity index (χ1n) is 8.14. The normalized spacial score (nSPS) is 18.5. The van der Waals surface area contributed by atoms with Gasteiger partial charge in [-0.3, -0.25) is 9.69 Å². The summed E-state index contributed by atoms with van der Waals surface area (Å²) < 4.78 is 12.9. The van der Waals surface area contributed by atoms with E-state index in [9.17, 15) is 9.18 Å². The maximum Gasteiger partial charge on any atom is 0.236 e. The van der Waals surface area contributed by atoms with Gasteiger partial charge < -0.3 is 10.2 Å². The lowest BCUT2D eigenvalue weighted by molar-refractivity contribution is -0.133. The number of rotatable bonds is 6. The molecule has 1 aliphatic rings. The lowest BCUT2D eigenvalue weighted by Gasteiger charge is -2.35. The van der Waals surface area contributed by atoms with E-state index in [4.69, 9.17) is 0 Å². The molecule has 0 aliphatic carbocycles. The first-order valence-corrected chi connectivity index (χ1v) is 8.14. The number of piperidine rings is 1. The molecule has 1 amide bonds. The van der Waals surface area contributed by atoms with Crippen LogP contribution in [-0.2, 0) is 4.79 Å². The molecule has 0 aromatic heterocycles. The summed E-state index contributed by atoms with van der Waals surface area (Å²) in [5.41, 5.74) is 0.907. The van der Waals surface area contributed by atoms with E-state index in [2.05, 4.69) is 24.1 Å². The smallest absolute Gasteiger partial charge is 0.236 e. The Bertz CT molecular complexity index is 473. The minimum Gasteiger partial charge on any atom is -0.381 e. The van der Waals surface area contributed by atoms with E-state index < -0.39 is 0 Å². The van der Waals surface area contributed by atoms with E-state index >= 15 is 0 Å². The molecule has 1 N–H and O–H groups in total. The number of carbonyl (C=O) groups excluding carboxylic acids is 1. The maximum atomic E-state index is 12.9. The van der Waals surface area contributed by atoms with Gasteiger partial charge >= 0.3 is 0 Å². The fourth-order valence-corrected chi connectivity index (χ4v) is 2.84. The van der Waals surface area contributed by atoms with Crippen LogP contribution < -0.4 is 5.32 Å². The van der Waals surface area contributed by atoms with Crippen LogP contribution in [-0.4, -0.2) is 54.5 Å². The van der Waals surface area contributed by atoms with Crippen molar-refractivity contribution in [2.75, 3.05) is 38.0 Å². The quantitative estimate of drug-likeness (QED) is 0.877. The van der Waals surface area contributed by atoms with Gasteiger partial charge in [-0.15, -0.1) is 0 Å². The first kappa shape index (κ1) is 16.7. The van der Waals surface area contributed by atoms with Crippen molar-refractivity contribution in [2.24, 2.45) is 0 Å². The molecule has 2 rings (SSSR count). The van der Waals surface area contributed by atoms with Crippen molar-refractivity contribution >= 4 is 11.6 Å². The van der Waals surface area contributed by atoms with Crippen molar-refractivity contribution < 1.29 is 9.18 Å². The maximum absolute atomic E-state index is 12.9. The monoisotopic (exact) mass is 307 g/mol. The fraction of sp³-hybridized carbons (Fsp3) is 0.588. The molecule has 1 atom stereocenters. The Morgan fingerprint density at radius 2 is 2.00 bits per heavy atom. The molecule has 0 bridgehead atoms. The van der Waals surface area contributed by atoms with Crippen molar-refractivity contribution in [1.82, 2.24) is 9.80 Å². The van der Waals surface area contributed by atoms with Gasteiger partial charge in [0.1, 0.15) is 5.82 Å². The van der Waals surface area contributed by atoms with Crippen molar-refractivity contribution in [1.29, 1.82) is 0 Å². The molecule has 4 nitrogen and oxygen atoms in total. The summed E-state index contributed by atoms with van der Waals surface area (Å²) in [6, 6.07) is 6.63. The van der Waals surface area contributed by atoms with Gasteiger partial charge in [0.15, 0.2) is 0 Å². The predicted octanol–water partition coefficient (Wildman–Crippen LogP) is 2.57. The summed E-state index contributed by atoms with van der Waals surface area (Å²) in [5, 5.41) is 3.40. The minimum atomic E-state index is -0.231. The number of likely N-dealkylation sites (N-methyl/N-ethyl adjacent to an activating group) is 1. The number of hydrogen-bond donors (Lipinski definition) is 1. The summed E-state index contributed by atoms with van der Waals surface area (Å²) in [6.45, 7) is 7.99. The third kappa shape index (κ3) is 4.70. The van der Waals surface area contributed by atoms with E-state index in [0.29, 0.717) is 6.54 Å². The zero-order chi connectivity index (χ0) is 15.9. The molecule has 1 fully saturated rings. The minimum absolute atomic E-state index is 0.203. The van der Waals surface area contributed by atoms with Crippen molar-refractivity contribution in [3.63, 3.8) is 0 Å². The molecular formula is C17H26FN3O. The van der Waals surface area contributed by atoms with Gasteiger partial charge in [0.25, 0.3) is 0 Å². The van der Waals surface area contributed by atoms with E-state index in [1.807, 2.05) is 4.90 Å². The Labute approximate surface area is 132 Å². The number of nitrogens with one attached hydrogen (secondary N) is 1. The second-order valence-electron chi connectivity index (χ2n) is 5.79. The zero-order valence-corrected chi connectivity index (χ0v) is 13.5. The van der Waals surface area contributed by atoms with Crippen LogP contribution >= 0.6 is 0 Å². The van der Waals surface area contributed by atoms with Crippen LogP contribution in [0.25, 0.3) is 0 Å². The molecule has 1 heterocycles. The molecule has 1 saturated heterocycles. The topological polar surface area (TPSA) is 35.6 Å². The van der Waals surface area contributed by atoms with Crippen LogP contribution in [0.4, 0.5) is 10.1 Å². The lowest BCUT2D eigenvalue weighted by atomic mass is 10.1. The SMILES string of the molecule is CCN(CC)CC(=O)N1CCC[C@@H](Nc2ccc(F)cc2)C1. The highest BCUT2D eigenvalue weighted by Crippen LogP contribution is 2.17. The number of anilines is 1. The highest BCUT2D eigenvalue weighted by atomic mass is 19.1. The van der Waals surface area contributed by atoms with Crippen LogP contribution in [0.2, 0.25) is 0 Å². The molecular weight excluding hydrogens is 281 g/mol. The van der Waals surface area contributed by atoms with Gasteiger partial charge in [0.2, 0.25) is 5.91 Å². The second-order valence-corrected chi connectivity index (χ2v) is 5.79. The number of halogens is 1. The van der Waals surface area contributed by atoms with Gasteiger partial charge in [-0.25, -0.2) is 4.39 Å². The van der Waals surface area contributed by atoms with Crippen LogP contribution in [0, 0.1) is 5.82 Å². The van der Waals surface area contributed by atoms with Gasteiger partial charge in [-0.1, -0.05) is 13.8 Å². The van der Waals surface area contributed by atoms with Crippen LogP contribution in [0.5, 0.6) is 0 Å². The van der Waals surface area contributed by atoms with E-state index in [1.54, 1.807) is 12.1 Å². The molecule has 5 heteroatoms. The van der Waals surface area contributed by atoms with E-state index in [0.717, 1.165) is 44.7 Å². The molecule has 1 aromatic rings. The van der Waals surface area contributed by atoms with Crippen LogP contribution in [0.1, 0.15) is 26.7 Å². The summed E-state index contributed by atoms with van der Waals surface area (Å²) in [4.78, 5) is 16.5. The number of amides is 1. The van der Waals surface area contributed by atoms with Crippen LogP contribution in [0.15, 0.2) is 24.3 Å². The van der Waals surface area contributed by atoms with Gasteiger partial charge in [-0.05, 0) is 50.2 Å². The highest BCUT2D eigenvalue weighted by Gasteiger charge is 2.24. The number of nitrogens with zero attached hydrogens (tertiary/aromatic N) is 2. The Kier molecular flexibility index (Phi) is 6.19. The molecule has 0 spiro atoms. The van der Waals surface area contributed by atoms with Crippen molar-refractivity contribution in [3.8, 4) is 0 Å².